The fourth-order valence-electron chi connectivity index (χ4n) is 1.75. The molecule has 0 heterocycles. The molecule has 2 aromatic rings. The molecule has 0 amide bonds. The number of azo groups is 1. The van der Waals surface area contributed by atoms with Crippen molar-refractivity contribution in [3.63, 3.8) is 0 Å². The minimum atomic E-state index is 0.763. The number of rotatable bonds is 2. The van der Waals surface area contributed by atoms with Gasteiger partial charge in [-0.05, 0) is 49.2 Å². The molecule has 0 aliphatic heterocycles. The van der Waals surface area contributed by atoms with Crippen LogP contribution in [-0.2, 0) is 0 Å². The molecule has 2 aromatic carbocycles. The molecule has 17 heavy (non-hydrogen) atoms. The third kappa shape index (κ3) is 2.69. The van der Waals surface area contributed by atoms with E-state index in [1.54, 1.807) is 0 Å². The predicted octanol–water partition coefficient (Wildman–Crippen LogP) is 4.30. The van der Waals surface area contributed by atoms with E-state index >= 15 is 0 Å². The Kier molecular flexibility index (Phi) is 3.19. The van der Waals surface area contributed by atoms with Crippen LogP contribution in [-0.4, -0.2) is 0 Å². The molecule has 0 atom stereocenters. The number of nitrogens with two attached hydrogens (primary N) is 1. The number of aryl methyl sites for hydroxylation is 2. The number of benzene rings is 2. The molecule has 0 unspecified atom stereocenters. The highest BCUT2D eigenvalue weighted by Gasteiger charge is 2.02. The summed E-state index contributed by atoms with van der Waals surface area (Å²) in [6, 6.07) is 13.5. The molecule has 0 radical (unpaired) electrons. The summed E-state index contributed by atoms with van der Waals surface area (Å²) in [6.45, 7) is 3.98. The molecule has 2 N–H and O–H groups in total. The van der Waals surface area contributed by atoms with E-state index in [2.05, 4.69) is 10.2 Å². The summed E-state index contributed by atoms with van der Waals surface area (Å²) in [6.07, 6.45) is 0. The maximum absolute atomic E-state index is 5.76. The molecule has 0 fully saturated rings. The van der Waals surface area contributed by atoms with E-state index in [0.717, 1.165) is 28.2 Å². The Balaban J connectivity index is 2.34. The molecule has 0 aliphatic rings. The van der Waals surface area contributed by atoms with Gasteiger partial charge in [0.2, 0.25) is 0 Å². The average Bonchev–Trinajstić information content (AvgIpc) is 2.29. The maximum Gasteiger partial charge on any atom is 0.0916 e. The third-order valence-corrected chi connectivity index (χ3v) is 2.54. The Morgan fingerprint density at radius 3 is 2.06 bits per heavy atom. The normalized spacial score (nSPS) is 10.9. The number of hydrogen-bond acceptors (Lipinski definition) is 3. The third-order valence-electron chi connectivity index (χ3n) is 2.54. The van der Waals surface area contributed by atoms with Crippen LogP contribution < -0.4 is 5.73 Å². The van der Waals surface area contributed by atoms with Gasteiger partial charge in [0.1, 0.15) is 0 Å². The van der Waals surface area contributed by atoms with E-state index in [1.807, 2.05) is 56.3 Å². The number of anilines is 1. The lowest BCUT2D eigenvalue weighted by atomic mass is 10.1. The van der Waals surface area contributed by atoms with Crippen molar-refractivity contribution in [2.75, 3.05) is 5.73 Å². The molecule has 3 nitrogen and oxygen atoms in total. The van der Waals surface area contributed by atoms with Crippen molar-refractivity contribution in [1.82, 2.24) is 0 Å². The zero-order valence-corrected chi connectivity index (χ0v) is 10.0. The summed E-state index contributed by atoms with van der Waals surface area (Å²) in [4.78, 5) is 0. The molecular weight excluding hydrogens is 210 g/mol. The first-order chi connectivity index (χ1) is 8.16. The SMILES string of the molecule is Cc1cc(N)cc(C)c1N=Nc1ccccc1. The lowest BCUT2D eigenvalue weighted by molar-refractivity contribution is 1.19. The Labute approximate surface area is 101 Å². The van der Waals surface area contributed by atoms with Crippen molar-refractivity contribution < 1.29 is 0 Å². The second-order valence-electron chi connectivity index (χ2n) is 4.04. The minimum absolute atomic E-state index is 0.763. The Hall–Kier alpha value is -2.16. The van der Waals surface area contributed by atoms with Crippen molar-refractivity contribution in [1.29, 1.82) is 0 Å². The van der Waals surface area contributed by atoms with Gasteiger partial charge in [-0.1, -0.05) is 18.2 Å². The lowest BCUT2D eigenvalue weighted by Crippen LogP contribution is -1.88. The van der Waals surface area contributed by atoms with E-state index in [1.165, 1.54) is 0 Å². The van der Waals surface area contributed by atoms with Crippen molar-refractivity contribution in [2.24, 2.45) is 10.2 Å². The van der Waals surface area contributed by atoms with Crippen molar-refractivity contribution in [3.8, 4) is 0 Å². The monoisotopic (exact) mass is 225 g/mol. The van der Waals surface area contributed by atoms with Gasteiger partial charge < -0.3 is 5.73 Å². The van der Waals surface area contributed by atoms with Crippen molar-refractivity contribution >= 4 is 17.1 Å². The van der Waals surface area contributed by atoms with Crippen LogP contribution >= 0.6 is 0 Å². The molecular formula is C14H15N3. The highest BCUT2D eigenvalue weighted by Crippen LogP contribution is 2.27. The lowest BCUT2D eigenvalue weighted by Gasteiger charge is -2.04. The maximum atomic E-state index is 5.76. The highest BCUT2D eigenvalue weighted by atomic mass is 15.1. The topological polar surface area (TPSA) is 50.7 Å². The second-order valence-corrected chi connectivity index (χ2v) is 4.04. The first-order valence-corrected chi connectivity index (χ1v) is 5.50. The quantitative estimate of drug-likeness (QED) is 0.601. The van der Waals surface area contributed by atoms with Gasteiger partial charge in [-0.3, -0.25) is 0 Å². The smallest absolute Gasteiger partial charge is 0.0916 e. The first-order valence-electron chi connectivity index (χ1n) is 5.50. The van der Waals surface area contributed by atoms with Crippen molar-refractivity contribution in [3.05, 3.63) is 53.6 Å². The molecule has 0 spiro atoms. The van der Waals surface area contributed by atoms with Gasteiger partial charge in [0.15, 0.2) is 0 Å². The first kappa shape index (κ1) is 11.3. The minimum Gasteiger partial charge on any atom is -0.399 e. The molecule has 0 bridgehead atoms. The van der Waals surface area contributed by atoms with E-state index in [4.69, 9.17) is 5.73 Å². The van der Waals surface area contributed by atoms with Crippen LogP contribution in [0.4, 0.5) is 17.1 Å². The standard InChI is InChI=1S/C14H15N3/c1-10-8-12(15)9-11(2)14(10)17-16-13-6-4-3-5-7-13/h3-9H,15H2,1-2H3. The Bertz CT molecular complexity index is 522. The predicted molar refractivity (Wildman–Crippen MR) is 70.9 cm³/mol. The summed E-state index contributed by atoms with van der Waals surface area (Å²) in [5.41, 5.74) is 10.4. The molecule has 0 saturated heterocycles. The molecule has 86 valence electrons. The zero-order chi connectivity index (χ0) is 12.3. The van der Waals surface area contributed by atoms with Crippen LogP contribution in [0.1, 0.15) is 11.1 Å². The van der Waals surface area contributed by atoms with Crippen LogP contribution in [0, 0.1) is 13.8 Å². The Morgan fingerprint density at radius 1 is 0.882 bits per heavy atom. The largest absolute Gasteiger partial charge is 0.399 e. The fraction of sp³-hybridized carbons (Fsp3) is 0.143. The second kappa shape index (κ2) is 4.78. The zero-order valence-electron chi connectivity index (χ0n) is 10.0. The molecule has 3 heteroatoms. The average molecular weight is 225 g/mol. The molecule has 0 aromatic heterocycles. The molecule has 2 rings (SSSR count). The van der Waals surface area contributed by atoms with Crippen LogP contribution in [0.25, 0.3) is 0 Å². The van der Waals surface area contributed by atoms with E-state index < -0.39 is 0 Å². The summed E-state index contributed by atoms with van der Waals surface area (Å²) in [7, 11) is 0. The highest BCUT2D eigenvalue weighted by molar-refractivity contribution is 5.59. The van der Waals surface area contributed by atoms with Gasteiger partial charge in [-0.25, -0.2) is 0 Å². The Morgan fingerprint density at radius 2 is 1.47 bits per heavy atom. The van der Waals surface area contributed by atoms with Gasteiger partial charge in [0.25, 0.3) is 0 Å². The van der Waals surface area contributed by atoms with Gasteiger partial charge in [0, 0.05) is 5.69 Å². The van der Waals surface area contributed by atoms with Gasteiger partial charge in [-0.15, -0.1) is 0 Å². The molecule has 0 aliphatic carbocycles. The number of nitrogen functional groups attached to an aromatic ring is 1. The molecule has 0 saturated carbocycles. The number of hydrogen-bond donors (Lipinski definition) is 1. The summed E-state index contributed by atoms with van der Waals surface area (Å²) >= 11 is 0. The summed E-state index contributed by atoms with van der Waals surface area (Å²) in [5, 5.41) is 8.50. The van der Waals surface area contributed by atoms with Gasteiger partial charge in [0.05, 0.1) is 11.4 Å². The van der Waals surface area contributed by atoms with Gasteiger partial charge in [-0.2, -0.15) is 10.2 Å². The van der Waals surface area contributed by atoms with E-state index in [9.17, 15) is 0 Å². The van der Waals surface area contributed by atoms with Crippen LogP contribution in [0.5, 0.6) is 0 Å². The van der Waals surface area contributed by atoms with Crippen LogP contribution in [0.2, 0.25) is 0 Å². The van der Waals surface area contributed by atoms with Crippen LogP contribution in [0.3, 0.4) is 0 Å². The summed E-state index contributed by atoms with van der Waals surface area (Å²) < 4.78 is 0. The summed E-state index contributed by atoms with van der Waals surface area (Å²) in [5.74, 6) is 0. The number of nitrogens with zero attached hydrogens (tertiary/aromatic N) is 2. The van der Waals surface area contributed by atoms with Crippen molar-refractivity contribution in [2.45, 2.75) is 13.8 Å². The fourth-order valence-corrected chi connectivity index (χ4v) is 1.75. The van der Waals surface area contributed by atoms with Crippen LogP contribution in [0.15, 0.2) is 52.7 Å². The van der Waals surface area contributed by atoms with Gasteiger partial charge >= 0.3 is 0 Å². The van der Waals surface area contributed by atoms with E-state index in [0.29, 0.717) is 0 Å². The van der Waals surface area contributed by atoms with E-state index in [-0.39, 0.29) is 0 Å².